The number of benzene rings is 1. The van der Waals surface area contributed by atoms with Crippen LogP contribution in [0, 0.1) is 0 Å². The molecule has 0 spiro atoms. The second-order valence-corrected chi connectivity index (χ2v) is 4.43. The topological polar surface area (TPSA) is 64.3 Å². The number of amides is 1. The summed E-state index contributed by atoms with van der Waals surface area (Å²) in [6.07, 6.45) is 1.01. The third kappa shape index (κ3) is 5.12. The number of nitrogens with two attached hydrogens (primary N) is 1. The largest absolute Gasteiger partial charge is 0.492 e. The molecule has 100 valence electrons. The number of carbonyl (C=O) groups is 1. The van der Waals surface area contributed by atoms with Crippen molar-refractivity contribution in [3.05, 3.63) is 28.2 Å². The number of hydrogen-bond acceptors (Lipinski definition) is 3. The molecule has 0 aliphatic carbocycles. The zero-order valence-corrected chi connectivity index (χ0v) is 11.4. The summed E-state index contributed by atoms with van der Waals surface area (Å²) >= 11 is 11.8. The number of nitrogens with one attached hydrogen (secondary N) is 1. The van der Waals surface area contributed by atoms with Crippen LogP contribution in [-0.4, -0.2) is 25.6 Å². The van der Waals surface area contributed by atoms with Gasteiger partial charge in [0, 0.05) is 19.5 Å². The standard InChI is InChI=1S/C12H16Cl2N2O2/c13-9-3-1-4-10(12(9)14)18-8-2-5-11(17)16-7-6-15/h1,3-4H,2,5-8,15H2,(H,16,17). The Balaban J connectivity index is 2.25. The van der Waals surface area contributed by atoms with Gasteiger partial charge in [0.2, 0.25) is 5.91 Å². The van der Waals surface area contributed by atoms with Gasteiger partial charge in [-0.15, -0.1) is 0 Å². The average Bonchev–Trinajstić information content (AvgIpc) is 2.37. The van der Waals surface area contributed by atoms with Crippen molar-refractivity contribution in [3.8, 4) is 5.75 Å². The normalized spacial score (nSPS) is 10.2. The fourth-order valence-corrected chi connectivity index (χ4v) is 1.66. The minimum atomic E-state index is -0.0266. The third-order valence-corrected chi connectivity index (χ3v) is 2.99. The first kappa shape index (κ1) is 15.1. The van der Waals surface area contributed by atoms with Crippen LogP contribution in [0.1, 0.15) is 12.8 Å². The molecule has 6 heteroatoms. The molecule has 1 rings (SSSR count). The van der Waals surface area contributed by atoms with Gasteiger partial charge < -0.3 is 15.8 Å². The molecule has 1 amide bonds. The molecule has 0 radical (unpaired) electrons. The molecule has 0 heterocycles. The summed E-state index contributed by atoms with van der Waals surface area (Å²) in [5.74, 6) is 0.507. The molecule has 0 aromatic heterocycles. The van der Waals surface area contributed by atoms with E-state index in [0.29, 0.717) is 48.3 Å². The lowest BCUT2D eigenvalue weighted by Gasteiger charge is -2.08. The molecule has 0 aliphatic rings. The fraction of sp³-hybridized carbons (Fsp3) is 0.417. The van der Waals surface area contributed by atoms with Crippen molar-refractivity contribution in [1.82, 2.24) is 5.32 Å². The molecular formula is C12H16Cl2N2O2. The molecule has 1 aromatic rings. The highest BCUT2D eigenvalue weighted by atomic mass is 35.5. The zero-order chi connectivity index (χ0) is 13.4. The van der Waals surface area contributed by atoms with E-state index in [0.717, 1.165) is 0 Å². The van der Waals surface area contributed by atoms with E-state index in [4.69, 9.17) is 33.7 Å². The predicted octanol–water partition coefficient (Wildman–Crippen LogP) is 2.23. The van der Waals surface area contributed by atoms with Crippen LogP contribution in [0.25, 0.3) is 0 Å². The molecule has 0 bridgehead atoms. The minimum absolute atomic E-state index is 0.0266. The molecule has 4 nitrogen and oxygen atoms in total. The second-order valence-electron chi connectivity index (χ2n) is 3.64. The van der Waals surface area contributed by atoms with E-state index in [-0.39, 0.29) is 5.91 Å². The maximum absolute atomic E-state index is 11.3. The highest BCUT2D eigenvalue weighted by Crippen LogP contribution is 2.31. The van der Waals surface area contributed by atoms with Gasteiger partial charge in [-0.25, -0.2) is 0 Å². The van der Waals surface area contributed by atoms with Gasteiger partial charge in [0.1, 0.15) is 10.8 Å². The third-order valence-electron chi connectivity index (χ3n) is 2.19. The Kier molecular flexibility index (Phi) is 6.86. The van der Waals surface area contributed by atoms with Crippen LogP contribution in [-0.2, 0) is 4.79 Å². The Hall–Kier alpha value is -0.970. The Morgan fingerprint density at radius 3 is 2.89 bits per heavy atom. The van der Waals surface area contributed by atoms with Crippen molar-refractivity contribution in [2.24, 2.45) is 5.73 Å². The molecule has 0 unspecified atom stereocenters. The first-order valence-corrected chi connectivity index (χ1v) is 6.44. The Labute approximate surface area is 116 Å². The molecular weight excluding hydrogens is 275 g/mol. The molecule has 1 aromatic carbocycles. The first-order valence-electron chi connectivity index (χ1n) is 5.68. The maximum atomic E-state index is 11.3. The molecule has 18 heavy (non-hydrogen) atoms. The Morgan fingerprint density at radius 1 is 1.39 bits per heavy atom. The average molecular weight is 291 g/mol. The van der Waals surface area contributed by atoms with Gasteiger partial charge in [-0.1, -0.05) is 29.3 Å². The van der Waals surface area contributed by atoms with Crippen molar-refractivity contribution < 1.29 is 9.53 Å². The summed E-state index contributed by atoms with van der Waals surface area (Å²) in [6.45, 7) is 1.36. The molecule has 0 aliphatic heterocycles. The number of carbonyl (C=O) groups excluding carboxylic acids is 1. The molecule has 0 fully saturated rings. The van der Waals surface area contributed by atoms with Crippen molar-refractivity contribution in [2.75, 3.05) is 19.7 Å². The van der Waals surface area contributed by atoms with Crippen LogP contribution in [0.5, 0.6) is 5.75 Å². The van der Waals surface area contributed by atoms with Crippen LogP contribution in [0.2, 0.25) is 10.0 Å². The summed E-state index contributed by atoms with van der Waals surface area (Å²) in [4.78, 5) is 11.3. The SMILES string of the molecule is NCCNC(=O)CCCOc1cccc(Cl)c1Cl. The number of ether oxygens (including phenoxy) is 1. The van der Waals surface area contributed by atoms with Gasteiger partial charge in [0.15, 0.2) is 0 Å². The van der Waals surface area contributed by atoms with Gasteiger partial charge in [-0.05, 0) is 18.6 Å². The Morgan fingerprint density at radius 2 is 2.17 bits per heavy atom. The van der Waals surface area contributed by atoms with E-state index in [1.807, 2.05) is 0 Å². The highest BCUT2D eigenvalue weighted by Gasteiger charge is 2.05. The minimum Gasteiger partial charge on any atom is -0.492 e. The van der Waals surface area contributed by atoms with Crippen LogP contribution in [0.4, 0.5) is 0 Å². The number of rotatable bonds is 7. The van der Waals surface area contributed by atoms with Crippen LogP contribution >= 0.6 is 23.2 Å². The number of hydrogen-bond donors (Lipinski definition) is 2. The lowest BCUT2D eigenvalue weighted by molar-refractivity contribution is -0.121. The van der Waals surface area contributed by atoms with Gasteiger partial charge in [-0.2, -0.15) is 0 Å². The van der Waals surface area contributed by atoms with Crippen molar-refractivity contribution >= 4 is 29.1 Å². The first-order chi connectivity index (χ1) is 8.65. The Bertz CT molecular complexity index is 400. The van der Waals surface area contributed by atoms with Crippen molar-refractivity contribution in [3.63, 3.8) is 0 Å². The van der Waals surface area contributed by atoms with E-state index in [1.165, 1.54) is 0 Å². The smallest absolute Gasteiger partial charge is 0.220 e. The van der Waals surface area contributed by atoms with E-state index >= 15 is 0 Å². The summed E-state index contributed by atoms with van der Waals surface area (Å²) in [7, 11) is 0. The maximum Gasteiger partial charge on any atom is 0.220 e. The summed E-state index contributed by atoms with van der Waals surface area (Å²) in [5.41, 5.74) is 5.27. The molecule has 0 saturated heterocycles. The molecule has 0 saturated carbocycles. The van der Waals surface area contributed by atoms with Crippen LogP contribution in [0.3, 0.4) is 0 Å². The number of halogens is 2. The molecule has 3 N–H and O–H groups in total. The van der Waals surface area contributed by atoms with Crippen LogP contribution < -0.4 is 15.8 Å². The van der Waals surface area contributed by atoms with Gasteiger partial charge in [0.25, 0.3) is 0 Å². The summed E-state index contributed by atoms with van der Waals surface area (Å²) < 4.78 is 5.45. The monoisotopic (exact) mass is 290 g/mol. The highest BCUT2D eigenvalue weighted by molar-refractivity contribution is 6.42. The lowest BCUT2D eigenvalue weighted by Crippen LogP contribution is -2.29. The second kappa shape index (κ2) is 8.19. The van der Waals surface area contributed by atoms with E-state index in [1.54, 1.807) is 18.2 Å². The molecule has 0 atom stereocenters. The van der Waals surface area contributed by atoms with E-state index < -0.39 is 0 Å². The quantitative estimate of drug-likeness (QED) is 0.757. The van der Waals surface area contributed by atoms with E-state index in [2.05, 4.69) is 5.32 Å². The van der Waals surface area contributed by atoms with Gasteiger partial charge in [-0.3, -0.25) is 4.79 Å². The fourth-order valence-electron chi connectivity index (χ4n) is 1.31. The van der Waals surface area contributed by atoms with E-state index in [9.17, 15) is 4.79 Å². The van der Waals surface area contributed by atoms with Crippen molar-refractivity contribution in [1.29, 1.82) is 0 Å². The zero-order valence-electron chi connectivity index (χ0n) is 9.92. The van der Waals surface area contributed by atoms with Gasteiger partial charge >= 0.3 is 0 Å². The van der Waals surface area contributed by atoms with Crippen LogP contribution in [0.15, 0.2) is 18.2 Å². The predicted molar refractivity (Wildman–Crippen MR) is 73.3 cm³/mol. The lowest BCUT2D eigenvalue weighted by atomic mass is 10.3. The van der Waals surface area contributed by atoms with Gasteiger partial charge in [0.05, 0.1) is 11.6 Å². The summed E-state index contributed by atoms with van der Waals surface area (Å²) in [6, 6.07) is 5.19. The van der Waals surface area contributed by atoms with Crippen molar-refractivity contribution in [2.45, 2.75) is 12.8 Å². The summed E-state index contributed by atoms with van der Waals surface area (Å²) in [5, 5.41) is 3.53.